The molecule has 0 aliphatic rings. The van der Waals surface area contributed by atoms with Gasteiger partial charge in [0.2, 0.25) is 0 Å². The fourth-order valence-electron chi connectivity index (χ4n) is 2.43. The first-order valence-electron chi connectivity index (χ1n) is 8.07. The maximum absolute atomic E-state index is 5.94. The summed E-state index contributed by atoms with van der Waals surface area (Å²) in [5.74, 6) is 1.31. The number of benzene rings is 1. The van der Waals surface area contributed by atoms with Crippen molar-refractivity contribution in [1.29, 1.82) is 0 Å². The van der Waals surface area contributed by atoms with Crippen molar-refractivity contribution < 1.29 is 4.74 Å². The lowest BCUT2D eigenvalue weighted by molar-refractivity contribution is 0.224. The summed E-state index contributed by atoms with van der Waals surface area (Å²) in [6.07, 6.45) is 0. The minimum Gasteiger partial charge on any atom is -0.497 e. The van der Waals surface area contributed by atoms with E-state index in [-0.39, 0.29) is 6.04 Å². The molecule has 23 heavy (non-hydrogen) atoms. The molecule has 0 saturated carbocycles. The molecule has 3 N–H and O–H groups in total. The van der Waals surface area contributed by atoms with Gasteiger partial charge in [-0.25, -0.2) is 0 Å². The fraction of sp³-hybridized carbons (Fsp3) is 0.500. The molecule has 1 rings (SSSR count). The van der Waals surface area contributed by atoms with Gasteiger partial charge in [-0.15, -0.1) is 0 Å². The highest BCUT2D eigenvalue weighted by Crippen LogP contribution is 2.24. The quantitative estimate of drug-likeness (QED) is 0.417. The van der Waals surface area contributed by atoms with Gasteiger partial charge < -0.3 is 15.8 Å². The van der Waals surface area contributed by atoms with E-state index in [1.54, 1.807) is 7.11 Å². The summed E-state index contributed by atoms with van der Waals surface area (Å²) < 4.78 is 5.34. The molecule has 1 aromatic rings. The molecule has 5 heteroatoms. The lowest BCUT2D eigenvalue weighted by Crippen LogP contribution is -2.35. The number of aliphatic imine (C=N–C) groups is 1. The Hall–Kier alpha value is -2.01. The summed E-state index contributed by atoms with van der Waals surface area (Å²) >= 11 is 0. The van der Waals surface area contributed by atoms with E-state index < -0.39 is 0 Å². The monoisotopic (exact) mass is 318 g/mol. The summed E-state index contributed by atoms with van der Waals surface area (Å²) in [6, 6.07) is 8.31. The van der Waals surface area contributed by atoms with Crippen LogP contribution in [0.15, 0.2) is 41.4 Å². The van der Waals surface area contributed by atoms with Crippen molar-refractivity contribution in [3.63, 3.8) is 0 Å². The summed E-state index contributed by atoms with van der Waals surface area (Å²) in [5.41, 5.74) is 8.15. The van der Waals surface area contributed by atoms with Gasteiger partial charge in [0, 0.05) is 6.54 Å². The first-order chi connectivity index (χ1) is 11.0. The van der Waals surface area contributed by atoms with Gasteiger partial charge in [0.1, 0.15) is 5.75 Å². The molecule has 0 radical (unpaired) electrons. The number of hydrogen-bond donors (Lipinski definition) is 2. The third-order valence-corrected chi connectivity index (χ3v) is 3.74. The average Bonchev–Trinajstić information content (AvgIpc) is 2.56. The van der Waals surface area contributed by atoms with E-state index in [9.17, 15) is 0 Å². The molecular weight excluding hydrogens is 288 g/mol. The Labute approximate surface area is 140 Å². The summed E-state index contributed by atoms with van der Waals surface area (Å²) in [5, 5.41) is 3.07. The molecule has 1 atom stereocenters. The van der Waals surface area contributed by atoms with E-state index in [1.165, 1.54) is 5.56 Å². The number of ether oxygens (including phenoxy) is 1. The van der Waals surface area contributed by atoms with Crippen molar-refractivity contribution in [1.82, 2.24) is 10.2 Å². The SMILES string of the molecule is C=C(C)CNC(N)=NCC(c1cccc(OC)c1)N(CC)CC. The zero-order valence-corrected chi connectivity index (χ0v) is 14.8. The van der Waals surface area contributed by atoms with Crippen molar-refractivity contribution in [2.45, 2.75) is 26.8 Å². The van der Waals surface area contributed by atoms with Crippen molar-refractivity contribution in [2.24, 2.45) is 10.7 Å². The Bertz CT molecular complexity index is 524. The molecule has 0 heterocycles. The van der Waals surface area contributed by atoms with Crippen LogP contribution < -0.4 is 15.8 Å². The molecule has 0 aliphatic heterocycles. The Kier molecular flexibility index (Phi) is 8.19. The normalized spacial score (nSPS) is 13.0. The molecule has 0 amide bonds. The number of nitrogens with zero attached hydrogens (tertiary/aromatic N) is 2. The Morgan fingerprint density at radius 1 is 1.39 bits per heavy atom. The van der Waals surface area contributed by atoms with Crippen LogP contribution in [0.25, 0.3) is 0 Å². The second-order valence-corrected chi connectivity index (χ2v) is 5.55. The smallest absolute Gasteiger partial charge is 0.188 e. The molecule has 5 nitrogen and oxygen atoms in total. The molecule has 0 fully saturated rings. The maximum atomic E-state index is 5.94. The zero-order chi connectivity index (χ0) is 17.2. The lowest BCUT2D eigenvalue weighted by atomic mass is 10.0. The van der Waals surface area contributed by atoms with Gasteiger partial charge in [-0.05, 0) is 37.7 Å². The Morgan fingerprint density at radius 3 is 2.65 bits per heavy atom. The molecule has 0 aliphatic carbocycles. The number of rotatable bonds is 9. The Balaban J connectivity index is 2.92. The fourth-order valence-corrected chi connectivity index (χ4v) is 2.43. The van der Waals surface area contributed by atoms with Gasteiger partial charge in [-0.1, -0.05) is 38.1 Å². The summed E-state index contributed by atoms with van der Waals surface area (Å²) in [4.78, 5) is 6.87. The number of nitrogens with one attached hydrogen (secondary N) is 1. The first-order valence-corrected chi connectivity index (χ1v) is 8.07. The predicted octanol–water partition coefficient (Wildman–Crippen LogP) is 2.56. The molecule has 128 valence electrons. The van der Waals surface area contributed by atoms with Gasteiger partial charge >= 0.3 is 0 Å². The van der Waals surface area contributed by atoms with Gasteiger partial charge in [0.05, 0.1) is 19.7 Å². The maximum Gasteiger partial charge on any atom is 0.188 e. The molecule has 0 spiro atoms. The molecule has 0 aromatic heterocycles. The van der Waals surface area contributed by atoms with Gasteiger partial charge in [-0.3, -0.25) is 9.89 Å². The zero-order valence-electron chi connectivity index (χ0n) is 14.8. The van der Waals surface area contributed by atoms with E-state index in [0.717, 1.165) is 24.4 Å². The second kappa shape index (κ2) is 9.90. The van der Waals surface area contributed by atoms with Crippen LogP contribution in [-0.2, 0) is 0 Å². The number of methoxy groups -OCH3 is 1. The highest BCUT2D eigenvalue weighted by Gasteiger charge is 2.18. The molecule has 1 aromatic carbocycles. The Morgan fingerprint density at radius 2 is 2.09 bits per heavy atom. The number of nitrogens with two attached hydrogens (primary N) is 1. The van der Waals surface area contributed by atoms with Crippen molar-refractivity contribution >= 4 is 5.96 Å². The van der Waals surface area contributed by atoms with E-state index in [4.69, 9.17) is 10.5 Å². The van der Waals surface area contributed by atoms with Crippen molar-refractivity contribution in [3.05, 3.63) is 42.0 Å². The van der Waals surface area contributed by atoms with E-state index >= 15 is 0 Å². The van der Waals surface area contributed by atoms with Crippen LogP contribution >= 0.6 is 0 Å². The molecule has 0 saturated heterocycles. The van der Waals surface area contributed by atoms with Crippen LogP contribution in [0.1, 0.15) is 32.4 Å². The predicted molar refractivity (Wildman–Crippen MR) is 98.0 cm³/mol. The van der Waals surface area contributed by atoms with Crippen molar-refractivity contribution in [2.75, 3.05) is 33.3 Å². The summed E-state index contributed by atoms with van der Waals surface area (Å²) in [6.45, 7) is 13.3. The first kappa shape index (κ1) is 19.0. The van der Waals surface area contributed by atoms with E-state index in [2.05, 4.69) is 47.8 Å². The lowest BCUT2D eigenvalue weighted by Gasteiger charge is -2.29. The van der Waals surface area contributed by atoms with Crippen LogP contribution in [0.4, 0.5) is 0 Å². The summed E-state index contributed by atoms with van der Waals surface area (Å²) in [7, 11) is 1.68. The molecular formula is C18H30N4O. The van der Waals surface area contributed by atoms with Gasteiger partial charge in [-0.2, -0.15) is 0 Å². The number of guanidine groups is 1. The molecule has 0 bridgehead atoms. The second-order valence-electron chi connectivity index (χ2n) is 5.55. The third kappa shape index (κ3) is 6.32. The highest BCUT2D eigenvalue weighted by molar-refractivity contribution is 5.78. The van der Waals surface area contributed by atoms with E-state index in [0.29, 0.717) is 19.0 Å². The molecule has 1 unspecified atom stereocenters. The van der Waals surface area contributed by atoms with Crippen LogP contribution in [0.5, 0.6) is 5.75 Å². The third-order valence-electron chi connectivity index (χ3n) is 3.74. The average molecular weight is 318 g/mol. The van der Waals surface area contributed by atoms with Crippen LogP contribution in [0.3, 0.4) is 0 Å². The van der Waals surface area contributed by atoms with Crippen molar-refractivity contribution in [3.8, 4) is 5.75 Å². The minimum atomic E-state index is 0.172. The van der Waals surface area contributed by atoms with Crippen LogP contribution in [0.2, 0.25) is 0 Å². The van der Waals surface area contributed by atoms with E-state index in [1.807, 2.05) is 19.1 Å². The standard InChI is InChI=1S/C18H30N4O/c1-6-22(7-2)17(13-21-18(19)20-12-14(3)4)15-9-8-10-16(11-15)23-5/h8-11,17H,3,6-7,12-13H2,1-2,4-5H3,(H3,19,20,21). The minimum absolute atomic E-state index is 0.172. The van der Waals surface area contributed by atoms with Gasteiger partial charge in [0.15, 0.2) is 5.96 Å². The van der Waals surface area contributed by atoms with Gasteiger partial charge in [0.25, 0.3) is 0 Å². The largest absolute Gasteiger partial charge is 0.497 e. The highest BCUT2D eigenvalue weighted by atomic mass is 16.5. The van der Waals surface area contributed by atoms with Crippen LogP contribution in [0, 0.1) is 0 Å². The number of hydrogen-bond acceptors (Lipinski definition) is 3. The number of likely N-dealkylation sites (N-methyl/N-ethyl adjacent to an activating group) is 1. The topological polar surface area (TPSA) is 62.9 Å². The van der Waals surface area contributed by atoms with Crippen LogP contribution in [-0.4, -0.2) is 44.1 Å².